The number of hydrogen-bond donors (Lipinski definition) is 0. The van der Waals surface area contributed by atoms with Crippen LogP contribution in [-0.4, -0.2) is 19.1 Å². The average molecular weight is 753 g/mol. The van der Waals surface area contributed by atoms with Gasteiger partial charge < -0.3 is 9.13 Å². The first-order chi connectivity index (χ1) is 29.1. The van der Waals surface area contributed by atoms with E-state index in [2.05, 4.69) is 192 Å². The molecule has 0 unspecified atom stereocenters. The molecule has 3 aromatic heterocycles. The summed E-state index contributed by atoms with van der Waals surface area (Å²) in [6.07, 6.45) is 4.23. The summed E-state index contributed by atoms with van der Waals surface area (Å²) in [6, 6.07) is 60.3. The molecule has 0 aliphatic heterocycles. The van der Waals surface area contributed by atoms with E-state index in [-0.39, 0.29) is 5.41 Å². The van der Waals surface area contributed by atoms with Crippen LogP contribution in [0.25, 0.3) is 101 Å². The molecule has 0 amide bonds. The molecule has 10 aromatic rings. The molecule has 0 saturated carbocycles. The number of hydrogen-bond acceptors (Lipinski definition) is 2. The Bertz CT molecular complexity index is 3390. The molecule has 276 valence electrons. The number of para-hydroxylation sites is 2. The van der Waals surface area contributed by atoms with E-state index in [9.17, 15) is 0 Å². The molecule has 4 heteroatoms. The van der Waals surface area contributed by atoms with Crippen molar-refractivity contribution in [2.24, 2.45) is 0 Å². The van der Waals surface area contributed by atoms with Crippen molar-refractivity contribution in [2.45, 2.75) is 19.3 Å². The van der Waals surface area contributed by atoms with Crippen LogP contribution in [0.5, 0.6) is 0 Å². The Kier molecular flexibility index (Phi) is 7.15. The number of aromatic nitrogens is 4. The van der Waals surface area contributed by atoms with Gasteiger partial charge in [0.2, 0.25) is 0 Å². The quantitative estimate of drug-likeness (QED) is 0.164. The number of nitrogens with zero attached hydrogens (tertiary/aromatic N) is 4. The Balaban J connectivity index is 1.16. The smallest absolute Gasteiger partial charge is 0.160 e. The molecule has 3 heterocycles. The van der Waals surface area contributed by atoms with Crippen LogP contribution in [0.4, 0.5) is 0 Å². The second-order valence-electron chi connectivity index (χ2n) is 16.0. The van der Waals surface area contributed by atoms with E-state index >= 15 is 0 Å². The monoisotopic (exact) mass is 752 g/mol. The summed E-state index contributed by atoms with van der Waals surface area (Å²) in [5.41, 5.74) is 24.6. The van der Waals surface area contributed by atoms with Crippen molar-refractivity contribution in [1.82, 2.24) is 19.1 Å². The summed E-state index contributed by atoms with van der Waals surface area (Å²) >= 11 is 0. The highest BCUT2D eigenvalue weighted by Crippen LogP contribution is 2.58. The first-order valence-electron chi connectivity index (χ1n) is 20.2. The molecule has 0 saturated heterocycles. The van der Waals surface area contributed by atoms with Gasteiger partial charge in [-0.15, -0.1) is 0 Å². The highest BCUT2D eigenvalue weighted by molar-refractivity contribution is 6.28. The maximum absolute atomic E-state index is 5.15. The lowest BCUT2D eigenvalue weighted by atomic mass is 9.81. The molecule has 0 atom stereocenters. The molecule has 12 rings (SSSR count). The fourth-order valence-electron chi connectivity index (χ4n) is 9.79. The summed E-state index contributed by atoms with van der Waals surface area (Å²) in [7, 11) is 0. The molecule has 2 aliphatic rings. The lowest BCUT2D eigenvalue weighted by Gasteiger charge is -2.24. The van der Waals surface area contributed by atoms with Crippen molar-refractivity contribution in [3.05, 3.63) is 204 Å². The van der Waals surface area contributed by atoms with Crippen LogP contribution in [0, 0.1) is 0 Å². The Morgan fingerprint density at radius 2 is 1.10 bits per heavy atom. The van der Waals surface area contributed by atoms with E-state index in [4.69, 9.17) is 9.97 Å². The van der Waals surface area contributed by atoms with Crippen molar-refractivity contribution in [1.29, 1.82) is 0 Å². The van der Waals surface area contributed by atoms with Gasteiger partial charge in [0.1, 0.15) is 0 Å². The molecule has 4 nitrogen and oxygen atoms in total. The van der Waals surface area contributed by atoms with Crippen LogP contribution in [0.2, 0.25) is 0 Å². The van der Waals surface area contributed by atoms with Crippen molar-refractivity contribution < 1.29 is 0 Å². The molecule has 59 heavy (non-hydrogen) atoms. The standard InChI is InChI=1S/C55H36N4/c1-55(2)43-27-15-12-24-40(43)48-49-41-25-13-16-28-46(41)58(38-22-10-5-11-23-38)52(49)50-42-26-14-17-29-47(42)59(53(50)51(48)55)39-32-30-36(31-33-39)45-34-44(35-18-6-3-7-19-35)56-54(57-45)37-20-8-4-9-21-37/h3-12,14-15,17-34H,1-2H3. The Morgan fingerprint density at radius 1 is 0.508 bits per heavy atom. The fraction of sp³-hybridized carbons (Fsp3) is 0.0545. The predicted molar refractivity (Wildman–Crippen MR) is 243 cm³/mol. The summed E-state index contributed by atoms with van der Waals surface area (Å²) in [4.78, 5) is 10.2. The minimum absolute atomic E-state index is 0.279. The molecule has 0 spiro atoms. The molecular weight excluding hydrogens is 717 g/mol. The van der Waals surface area contributed by atoms with Gasteiger partial charge in [-0.1, -0.05) is 159 Å². The highest BCUT2D eigenvalue weighted by atomic mass is 15.0. The summed E-state index contributed by atoms with van der Waals surface area (Å²) in [5, 5.41) is 3.73. The fourth-order valence-corrected chi connectivity index (χ4v) is 9.79. The second kappa shape index (κ2) is 12.6. The van der Waals surface area contributed by atoms with Crippen LogP contribution in [0.1, 0.15) is 36.2 Å². The van der Waals surface area contributed by atoms with Gasteiger partial charge in [-0.05, 0) is 64.7 Å². The maximum Gasteiger partial charge on any atom is 0.160 e. The number of benzene rings is 7. The lowest BCUT2D eigenvalue weighted by Crippen LogP contribution is -2.16. The van der Waals surface area contributed by atoms with Gasteiger partial charge in [-0.25, -0.2) is 9.97 Å². The third-order valence-corrected chi connectivity index (χ3v) is 12.4. The largest absolute Gasteiger partial charge is 0.309 e. The van der Waals surface area contributed by atoms with E-state index < -0.39 is 0 Å². The van der Waals surface area contributed by atoms with E-state index in [1.807, 2.05) is 24.3 Å². The van der Waals surface area contributed by atoms with Crippen LogP contribution in [0.15, 0.2) is 181 Å². The zero-order valence-corrected chi connectivity index (χ0v) is 32.6. The van der Waals surface area contributed by atoms with Crippen molar-refractivity contribution >= 4 is 44.9 Å². The molecule has 2 aliphatic carbocycles. The Labute approximate surface area is 342 Å². The molecule has 0 fully saturated rings. The third kappa shape index (κ3) is 4.86. The van der Waals surface area contributed by atoms with E-state index in [0.29, 0.717) is 5.82 Å². The zero-order chi connectivity index (χ0) is 39.2. The molecule has 0 radical (unpaired) electrons. The first kappa shape index (κ1) is 33.4. The van der Waals surface area contributed by atoms with Gasteiger partial charge in [0, 0.05) is 61.3 Å². The molecular formula is C55H36N4. The van der Waals surface area contributed by atoms with Gasteiger partial charge >= 0.3 is 0 Å². The number of fused-ring (bicyclic) bond motifs is 12. The van der Waals surface area contributed by atoms with E-state index in [1.54, 1.807) is 0 Å². The number of rotatable bonds is 5. The van der Waals surface area contributed by atoms with Crippen molar-refractivity contribution in [3.8, 4) is 56.4 Å². The zero-order valence-electron chi connectivity index (χ0n) is 32.6. The normalized spacial score (nSPS) is 13.3. The van der Waals surface area contributed by atoms with Crippen LogP contribution in [0.3, 0.4) is 0 Å². The summed E-state index contributed by atoms with van der Waals surface area (Å²) in [6.45, 7) is 4.79. The Hall–Kier alpha value is -7.74. The summed E-state index contributed by atoms with van der Waals surface area (Å²) < 4.78 is 4.96. The van der Waals surface area contributed by atoms with Crippen LogP contribution >= 0.6 is 0 Å². The first-order valence-corrected chi connectivity index (χ1v) is 20.2. The minimum atomic E-state index is -0.279. The van der Waals surface area contributed by atoms with Gasteiger partial charge in [0.25, 0.3) is 0 Å². The predicted octanol–water partition coefficient (Wildman–Crippen LogP) is 13.6. The van der Waals surface area contributed by atoms with Crippen molar-refractivity contribution in [3.63, 3.8) is 0 Å². The van der Waals surface area contributed by atoms with Crippen molar-refractivity contribution in [2.75, 3.05) is 0 Å². The maximum atomic E-state index is 5.15. The Morgan fingerprint density at radius 3 is 1.85 bits per heavy atom. The topological polar surface area (TPSA) is 35.6 Å². The highest BCUT2D eigenvalue weighted by Gasteiger charge is 2.42. The molecule has 0 bridgehead atoms. The van der Waals surface area contributed by atoms with Crippen LogP contribution < -0.4 is 0 Å². The average Bonchev–Trinajstić information content (AvgIpc) is 3.90. The van der Waals surface area contributed by atoms with Gasteiger partial charge in [0.15, 0.2) is 5.82 Å². The minimum Gasteiger partial charge on any atom is -0.309 e. The lowest BCUT2D eigenvalue weighted by molar-refractivity contribution is 0.664. The SMILES string of the molecule is CC1(C)c2ccccc2-c2c1c1c(c3ccccc3n1-c1ccc(-c3cc(-c4ccccc4)nc(-c4ccccc4)n3)cc1)c1c2c2c(n1-c1ccccc1)C=C=C=C2. The van der Waals surface area contributed by atoms with E-state index in [0.717, 1.165) is 45.1 Å². The van der Waals surface area contributed by atoms with Gasteiger partial charge in [-0.3, -0.25) is 0 Å². The summed E-state index contributed by atoms with van der Waals surface area (Å²) in [5.74, 6) is 0.707. The second-order valence-corrected chi connectivity index (χ2v) is 16.0. The van der Waals surface area contributed by atoms with Crippen LogP contribution in [-0.2, 0) is 5.41 Å². The van der Waals surface area contributed by atoms with Gasteiger partial charge in [0.05, 0.1) is 33.6 Å². The van der Waals surface area contributed by atoms with E-state index in [1.165, 1.54) is 60.5 Å². The third-order valence-electron chi connectivity index (χ3n) is 12.4. The molecule has 0 N–H and O–H groups in total. The van der Waals surface area contributed by atoms with Gasteiger partial charge in [-0.2, -0.15) is 0 Å². The molecule has 7 aromatic carbocycles.